The molecule has 1 saturated heterocycles. The van der Waals surface area contributed by atoms with E-state index in [4.69, 9.17) is 0 Å². The number of hydrogen-bond donors (Lipinski definition) is 3. The molecule has 1 fully saturated rings. The van der Waals surface area contributed by atoms with Crippen molar-refractivity contribution in [2.45, 2.75) is 25.7 Å². The Kier molecular flexibility index (Phi) is 3.90. The standard InChI is InChI=1S/C14H18N6O2/c1-9-4-2-6-11(15-9)16-14(22)20-7-3-5-10(8-20)12-17-13(21)19-18-12/h2,4,6,10H,3,5,7-8H2,1H3,(H,15,16,22)(H2,17,18,19,21)/t10-/m0/s1. The molecule has 2 aromatic rings. The van der Waals surface area contributed by atoms with Crippen molar-refractivity contribution < 1.29 is 4.79 Å². The van der Waals surface area contributed by atoms with Crippen LogP contribution in [0.15, 0.2) is 23.0 Å². The monoisotopic (exact) mass is 302 g/mol. The van der Waals surface area contributed by atoms with E-state index in [9.17, 15) is 9.59 Å². The van der Waals surface area contributed by atoms with Crippen LogP contribution in [0.2, 0.25) is 0 Å². The highest BCUT2D eigenvalue weighted by atomic mass is 16.2. The molecule has 2 amide bonds. The van der Waals surface area contributed by atoms with Crippen LogP contribution < -0.4 is 11.0 Å². The highest BCUT2D eigenvalue weighted by Crippen LogP contribution is 2.23. The minimum absolute atomic E-state index is 0.0453. The van der Waals surface area contributed by atoms with Gasteiger partial charge in [0.05, 0.1) is 0 Å². The number of pyridine rings is 1. The van der Waals surface area contributed by atoms with Crippen LogP contribution >= 0.6 is 0 Å². The van der Waals surface area contributed by atoms with Crippen molar-refractivity contribution in [2.24, 2.45) is 0 Å². The largest absolute Gasteiger partial charge is 0.340 e. The molecule has 0 saturated carbocycles. The van der Waals surface area contributed by atoms with Crippen LogP contribution in [0.25, 0.3) is 0 Å². The van der Waals surface area contributed by atoms with Gasteiger partial charge in [-0.05, 0) is 31.9 Å². The summed E-state index contributed by atoms with van der Waals surface area (Å²) < 4.78 is 0. The second-order valence-corrected chi connectivity index (χ2v) is 5.44. The predicted molar refractivity (Wildman–Crippen MR) is 80.7 cm³/mol. The lowest BCUT2D eigenvalue weighted by atomic mass is 9.98. The van der Waals surface area contributed by atoms with Gasteiger partial charge in [-0.25, -0.2) is 19.7 Å². The number of amides is 2. The van der Waals surface area contributed by atoms with Gasteiger partial charge in [0.15, 0.2) is 0 Å². The Morgan fingerprint density at radius 1 is 1.45 bits per heavy atom. The number of likely N-dealkylation sites (tertiary alicyclic amines) is 1. The number of rotatable bonds is 2. The summed E-state index contributed by atoms with van der Waals surface area (Å²) in [5.74, 6) is 1.19. The topological polar surface area (TPSA) is 107 Å². The molecular weight excluding hydrogens is 284 g/mol. The average molecular weight is 302 g/mol. The van der Waals surface area contributed by atoms with Crippen molar-refractivity contribution in [2.75, 3.05) is 18.4 Å². The maximum absolute atomic E-state index is 12.3. The molecule has 0 aliphatic carbocycles. The summed E-state index contributed by atoms with van der Waals surface area (Å²) >= 11 is 0. The van der Waals surface area contributed by atoms with Gasteiger partial charge in [0, 0.05) is 24.7 Å². The first-order chi connectivity index (χ1) is 10.6. The molecule has 0 spiro atoms. The maximum atomic E-state index is 12.3. The van der Waals surface area contributed by atoms with Crippen LogP contribution in [0.4, 0.5) is 10.6 Å². The summed E-state index contributed by atoms with van der Waals surface area (Å²) in [6.07, 6.45) is 1.77. The van der Waals surface area contributed by atoms with Crippen molar-refractivity contribution in [1.82, 2.24) is 25.1 Å². The lowest BCUT2D eigenvalue weighted by molar-refractivity contribution is 0.191. The molecule has 3 heterocycles. The molecule has 0 bridgehead atoms. The third-order valence-corrected chi connectivity index (χ3v) is 3.74. The fourth-order valence-electron chi connectivity index (χ4n) is 2.66. The molecule has 22 heavy (non-hydrogen) atoms. The molecule has 1 atom stereocenters. The second kappa shape index (κ2) is 6.00. The van der Waals surface area contributed by atoms with Gasteiger partial charge in [-0.15, -0.1) is 0 Å². The van der Waals surface area contributed by atoms with E-state index in [0.717, 1.165) is 18.5 Å². The van der Waals surface area contributed by atoms with Gasteiger partial charge in [0.1, 0.15) is 11.6 Å². The summed E-state index contributed by atoms with van der Waals surface area (Å²) in [6, 6.07) is 5.31. The Morgan fingerprint density at radius 3 is 3.05 bits per heavy atom. The first-order valence-corrected chi connectivity index (χ1v) is 7.26. The Bertz CT molecular complexity index is 722. The lowest BCUT2D eigenvalue weighted by Gasteiger charge is -2.31. The molecule has 3 N–H and O–H groups in total. The molecule has 116 valence electrons. The number of piperidine rings is 1. The molecule has 0 radical (unpaired) electrons. The average Bonchev–Trinajstić information content (AvgIpc) is 2.94. The first-order valence-electron chi connectivity index (χ1n) is 7.26. The van der Waals surface area contributed by atoms with Crippen LogP contribution in [0.1, 0.15) is 30.3 Å². The van der Waals surface area contributed by atoms with Crippen molar-refractivity contribution >= 4 is 11.8 Å². The number of aromatic amines is 2. The highest BCUT2D eigenvalue weighted by molar-refractivity contribution is 5.88. The zero-order valence-corrected chi connectivity index (χ0v) is 12.3. The van der Waals surface area contributed by atoms with E-state index in [1.807, 2.05) is 19.1 Å². The zero-order valence-electron chi connectivity index (χ0n) is 12.3. The number of carbonyl (C=O) groups excluding carboxylic acids is 1. The molecule has 2 aromatic heterocycles. The molecule has 0 aromatic carbocycles. The van der Waals surface area contributed by atoms with Crippen LogP contribution in [-0.4, -0.2) is 44.2 Å². The van der Waals surface area contributed by atoms with Crippen molar-refractivity contribution in [3.8, 4) is 0 Å². The third kappa shape index (κ3) is 3.16. The van der Waals surface area contributed by atoms with Crippen molar-refractivity contribution in [1.29, 1.82) is 0 Å². The first kappa shape index (κ1) is 14.3. The number of H-pyrrole nitrogens is 2. The van der Waals surface area contributed by atoms with E-state index >= 15 is 0 Å². The van der Waals surface area contributed by atoms with Gasteiger partial charge >= 0.3 is 11.7 Å². The van der Waals surface area contributed by atoms with E-state index in [1.54, 1.807) is 11.0 Å². The Labute approximate surface area is 127 Å². The molecule has 1 aliphatic rings. The summed E-state index contributed by atoms with van der Waals surface area (Å²) in [5, 5.41) is 9.14. The molecule has 1 aliphatic heterocycles. The number of aromatic nitrogens is 4. The van der Waals surface area contributed by atoms with Crippen molar-refractivity contribution in [3.63, 3.8) is 0 Å². The molecule has 8 heteroatoms. The Balaban J connectivity index is 1.66. The van der Waals surface area contributed by atoms with Gasteiger partial charge < -0.3 is 4.90 Å². The summed E-state index contributed by atoms with van der Waals surface area (Å²) in [7, 11) is 0. The molecule has 0 unspecified atom stereocenters. The number of aryl methyl sites for hydroxylation is 1. The fraction of sp³-hybridized carbons (Fsp3) is 0.429. The molecule has 8 nitrogen and oxygen atoms in total. The zero-order chi connectivity index (χ0) is 15.5. The van der Waals surface area contributed by atoms with E-state index in [-0.39, 0.29) is 17.6 Å². The van der Waals surface area contributed by atoms with Gasteiger partial charge in [-0.3, -0.25) is 10.3 Å². The number of carbonyl (C=O) groups is 1. The third-order valence-electron chi connectivity index (χ3n) is 3.74. The number of hydrogen-bond acceptors (Lipinski definition) is 4. The SMILES string of the molecule is Cc1cccc(NC(=O)N2CCC[C@H](c3n[nH]c(=O)[nH]3)C2)n1. The minimum atomic E-state index is -0.319. The van der Waals surface area contributed by atoms with E-state index < -0.39 is 0 Å². The highest BCUT2D eigenvalue weighted by Gasteiger charge is 2.26. The van der Waals surface area contributed by atoms with Crippen LogP contribution in [0.5, 0.6) is 0 Å². The maximum Gasteiger partial charge on any atom is 0.340 e. The van der Waals surface area contributed by atoms with E-state index in [0.29, 0.717) is 24.7 Å². The Morgan fingerprint density at radius 2 is 2.32 bits per heavy atom. The smallest absolute Gasteiger partial charge is 0.324 e. The minimum Gasteiger partial charge on any atom is -0.324 e. The van der Waals surface area contributed by atoms with E-state index in [1.165, 1.54) is 0 Å². The van der Waals surface area contributed by atoms with E-state index in [2.05, 4.69) is 25.5 Å². The van der Waals surface area contributed by atoms with Crippen LogP contribution in [-0.2, 0) is 0 Å². The van der Waals surface area contributed by atoms with Gasteiger partial charge in [-0.1, -0.05) is 6.07 Å². The number of anilines is 1. The van der Waals surface area contributed by atoms with Gasteiger partial charge in [0.25, 0.3) is 0 Å². The summed E-state index contributed by atoms with van der Waals surface area (Å²) in [5.41, 5.74) is 0.531. The summed E-state index contributed by atoms with van der Waals surface area (Å²) in [4.78, 5) is 32.1. The Hall–Kier alpha value is -2.64. The number of nitrogens with zero attached hydrogens (tertiary/aromatic N) is 3. The lowest BCUT2D eigenvalue weighted by Crippen LogP contribution is -2.42. The predicted octanol–water partition coefficient (Wildman–Crippen LogP) is 1.21. The van der Waals surface area contributed by atoms with Gasteiger partial charge in [0.2, 0.25) is 0 Å². The van der Waals surface area contributed by atoms with Crippen LogP contribution in [0, 0.1) is 6.92 Å². The van der Waals surface area contributed by atoms with Crippen molar-refractivity contribution in [3.05, 3.63) is 40.2 Å². The summed E-state index contributed by atoms with van der Waals surface area (Å²) in [6.45, 7) is 3.09. The molecular formula is C14H18N6O2. The molecule has 3 rings (SSSR count). The fourth-order valence-corrected chi connectivity index (χ4v) is 2.66. The number of urea groups is 1. The normalized spacial score (nSPS) is 18.2. The number of nitrogens with one attached hydrogen (secondary N) is 3. The van der Waals surface area contributed by atoms with Crippen LogP contribution in [0.3, 0.4) is 0 Å². The second-order valence-electron chi connectivity index (χ2n) is 5.44. The van der Waals surface area contributed by atoms with Gasteiger partial charge in [-0.2, -0.15) is 5.10 Å². The quantitative estimate of drug-likeness (QED) is 0.775.